The molecule has 7 heteroatoms. The number of carbonyl (C=O) groups excluding carboxylic acids is 3. The molecule has 0 spiro atoms. The predicted molar refractivity (Wildman–Crippen MR) is 139 cm³/mol. The minimum Gasteiger partial charge on any atom is -0.489 e. The first-order valence-corrected chi connectivity index (χ1v) is 11.7. The average molecular weight is 531 g/mol. The molecule has 0 aromatic heterocycles. The normalized spacial score (nSPS) is 14.7. The van der Waals surface area contributed by atoms with Crippen molar-refractivity contribution in [3.8, 4) is 5.75 Å². The number of ether oxygens (including phenoxy) is 1. The minimum absolute atomic E-state index is 0.127. The van der Waals surface area contributed by atoms with Crippen LogP contribution < -0.4 is 15.0 Å². The van der Waals surface area contributed by atoms with E-state index in [1.807, 2.05) is 37.3 Å². The summed E-state index contributed by atoms with van der Waals surface area (Å²) in [7, 11) is 0. The molecular formula is C28H23BrN2O4. The van der Waals surface area contributed by atoms with Gasteiger partial charge in [-0.1, -0.05) is 57.9 Å². The zero-order chi connectivity index (χ0) is 24.9. The number of allylic oxidation sites excluding steroid dienone is 1. The highest BCUT2D eigenvalue weighted by atomic mass is 79.9. The third-order valence-corrected chi connectivity index (χ3v) is 5.99. The molecule has 0 atom stereocenters. The highest BCUT2D eigenvalue weighted by molar-refractivity contribution is 9.10. The monoisotopic (exact) mass is 530 g/mol. The van der Waals surface area contributed by atoms with E-state index in [0.29, 0.717) is 30.0 Å². The summed E-state index contributed by atoms with van der Waals surface area (Å²) in [6.07, 6.45) is 3.78. The van der Waals surface area contributed by atoms with Gasteiger partial charge in [0, 0.05) is 4.47 Å². The van der Waals surface area contributed by atoms with Crippen LogP contribution >= 0.6 is 15.9 Å². The van der Waals surface area contributed by atoms with Gasteiger partial charge in [0.2, 0.25) is 0 Å². The van der Waals surface area contributed by atoms with Crippen LogP contribution in [-0.4, -0.2) is 17.8 Å². The molecule has 4 amide bonds. The quantitative estimate of drug-likeness (QED) is 0.240. The van der Waals surface area contributed by atoms with Crippen molar-refractivity contribution in [3.05, 3.63) is 112 Å². The lowest BCUT2D eigenvalue weighted by atomic mass is 10.0. The van der Waals surface area contributed by atoms with Gasteiger partial charge in [-0.05, 0) is 72.5 Å². The smallest absolute Gasteiger partial charge is 0.335 e. The molecule has 35 heavy (non-hydrogen) atoms. The highest BCUT2D eigenvalue weighted by Crippen LogP contribution is 2.26. The number of imide groups is 2. The minimum atomic E-state index is -0.773. The van der Waals surface area contributed by atoms with E-state index in [-0.39, 0.29) is 5.57 Å². The number of hydrogen-bond acceptors (Lipinski definition) is 4. The second-order valence-electron chi connectivity index (χ2n) is 8.07. The summed E-state index contributed by atoms with van der Waals surface area (Å²) < 4.78 is 7.01. The lowest BCUT2D eigenvalue weighted by molar-refractivity contribution is -0.122. The van der Waals surface area contributed by atoms with Crippen molar-refractivity contribution in [1.82, 2.24) is 5.32 Å². The lowest BCUT2D eigenvalue weighted by Crippen LogP contribution is -2.54. The van der Waals surface area contributed by atoms with Gasteiger partial charge in [-0.15, -0.1) is 6.58 Å². The zero-order valence-corrected chi connectivity index (χ0v) is 20.7. The number of benzene rings is 3. The molecule has 0 bridgehead atoms. The van der Waals surface area contributed by atoms with Crippen molar-refractivity contribution in [3.63, 3.8) is 0 Å². The van der Waals surface area contributed by atoms with Gasteiger partial charge in [-0.3, -0.25) is 14.9 Å². The Bertz CT molecular complexity index is 1330. The molecule has 176 valence electrons. The zero-order valence-electron chi connectivity index (χ0n) is 19.1. The molecule has 3 aromatic rings. The number of halogens is 1. The summed E-state index contributed by atoms with van der Waals surface area (Å²) in [5.41, 5.74) is 3.77. The van der Waals surface area contributed by atoms with Gasteiger partial charge in [0.25, 0.3) is 11.8 Å². The Balaban J connectivity index is 1.60. The Morgan fingerprint density at radius 3 is 2.40 bits per heavy atom. The number of rotatable bonds is 7. The molecule has 0 saturated carbocycles. The summed E-state index contributed by atoms with van der Waals surface area (Å²) in [6.45, 7) is 6.12. The van der Waals surface area contributed by atoms with Gasteiger partial charge < -0.3 is 4.74 Å². The van der Waals surface area contributed by atoms with Crippen molar-refractivity contribution in [2.24, 2.45) is 0 Å². The number of carbonyl (C=O) groups is 3. The van der Waals surface area contributed by atoms with Crippen LogP contribution in [0.1, 0.15) is 22.3 Å². The predicted octanol–water partition coefficient (Wildman–Crippen LogP) is 5.73. The van der Waals surface area contributed by atoms with Crippen LogP contribution in [0.25, 0.3) is 6.08 Å². The number of urea groups is 1. The Hall–Kier alpha value is -3.97. The van der Waals surface area contributed by atoms with Crippen molar-refractivity contribution < 1.29 is 19.1 Å². The van der Waals surface area contributed by atoms with E-state index in [1.165, 1.54) is 6.08 Å². The summed E-state index contributed by atoms with van der Waals surface area (Å²) in [4.78, 5) is 39.0. The third kappa shape index (κ3) is 5.58. The summed E-state index contributed by atoms with van der Waals surface area (Å²) in [5.74, 6) is -0.724. The molecule has 1 heterocycles. The highest BCUT2D eigenvalue weighted by Gasteiger charge is 2.36. The first-order chi connectivity index (χ1) is 16.9. The first kappa shape index (κ1) is 24.2. The maximum Gasteiger partial charge on any atom is 0.335 e. The Labute approximate surface area is 212 Å². The topological polar surface area (TPSA) is 75.7 Å². The number of aryl methyl sites for hydroxylation is 1. The second-order valence-corrected chi connectivity index (χ2v) is 8.98. The molecule has 1 aliphatic heterocycles. The van der Waals surface area contributed by atoms with E-state index >= 15 is 0 Å². The van der Waals surface area contributed by atoms with Crippen molar-refractivity contribution in [2.45, 2.75) is 20.0 Å². The molecule has 1 fully saturated rings. The number of hydrogen-bond donors (Lipinski definition) is 1. The largest absolute Gasteiger partial charge is 0.489 e. The van der Waals surface area contributed by atoms with E-state index in [0.717, 1.165) is 26.1 Å². The summed E-state index contributed by atoms with van der Waals surface area (Å²) >= 11 is 3.42. The van der Waals surface area contributed by atoms with E-state index in [2.05, 4.69) is 27.8 Å². The maximum absolute atomic E-state index is 13.1. The van der Waals surface area contributed by atoms with Gasteiger partial charge in [0.15, 0.2) is 0 Å². The molecule has 1 saturated heterocycles. The van der Waals surface area contributed by atoms with Gasteiger partial charge >= 0.3 is 6.03 Å². The molecule has 0 aliphatic carbocycles. The number of nitrogens with zero attached hydrogens (tertiary/aromatic N) is 1. The van der Waals surface area contributed by atoms with Gasteiger partial charge in [-0.25, -0.2) is 9.69 Å². The Kier molecular flexibility index (Phi) is 7.27. The fourth-order valence-electron chi connectivity index (χ4n) is 3.64. The molecule has 1 N–H and O–H groups in total. The van der Waals surface area contributed by atoms with Crippen molar-refractivity contribution in [2.75, 3.05) is 4.90 Å². The standard InChI is InChI=1S/C28H23BrN2O4/c1-3-4-21-15-20(9-14-25(21)35-17-19-7-10-22(29)11-8-19)16-24-26(32)30-28(34)31(27(24)33)23-12-5-18(2)6-13-23/h3,5-16H,1,4,17H2,2H3,(H,30,32,34)/b24-16+. The molecule has 6 nitrogen and oxygen atoms in total. The number of nitrogens with one attached hydrogen (secondary N) is 1. The number of barbiturate groups is 1. The van der Waals surface area contributed by atoms with Crippen LogP contribution in [-0.2, 0) is 22.6 Å². The van der Waals surface area contributed by atoms with E-state index in [9.17, 15) is 14.4 Å². The summed E-state index contributed by atoms with van der Waals surface area (Å²) in [5, 5.41) is 2.25. The van der Waals surface area contributed by atoms with Crippen LogP contribution in [0.4, 0.5) is 10.5 Å². The first-order valence-electron chi connectivity index (χ1n) is 10.9. The molecular weight excluding hydrogens is 508 g/mol. The fraction of sp³-hybridized carbons (Fsp3) is 0.107. The van der Waals surface area contributed by atoms with Crippen LogP contribution in [0.15, 0.2) is 89.4 Å². The third-order valence-electron chi connectivity index (χ3n) is 5.46. The van der Waals surface area contributed by atoms with E-state index in [1.54, 1.807) is 42.5 Å². The maximum atomic E-state index is 13.1. The van der Waals surface area contributed by atoms with E-state index < -0.39 is 17.8 Å². The van der Waals surface area contributed by atoms with Crippen LogP contribution in [0.2, 0.25) is 0 Å². The van der Waals surface area contributed by atoms with Gasteiger partial charge in [0.1, 0.15) is 17.9 Å². The van der Waals surface area contributed by atoms with Crippen LogP contribution in [0.5, 0.6) is 5.75 Å². The second kappa shape index (κ2) is 10.5. The lowest BCUT2D eigenvalue weighted by Gasteiger charge is -2.26. The van der Waals surface area contributed by atoms with Crippen LogP contribution in [0, 0.1) is 6.92 Å². The van der Waals surface area contributed by atoms with E-state index in [4.69, 9.17) is 4.74 Å². The summed E-state index contributed by atoms with van der Waals surface area (Å²) in [6, 6.07) is 19.4. The molecule has 0 unspecified atom stereocenters. The molecule has 3 aromatic carbocycles. The molecule has 4 rings (SSSR count). The fourth-order valence-corrected chi connectivity index (χ4v) is 3.90. The average Bonchev–Trinajstić information content (AvgIpc) is 2.83. The van der Waals surface area contributed by atoms with Crippen molar-refractivity contribution >= 4 is 45.5 Å². The van der Waals surface area contributed by atoms with Gasteiger partial charge in [0.05, 0.1) is 5.69 Å². The number of anilines is 1. The molecule has 1 aliphatic rings. The van der Waals surface area contributed by atoms with Gasteiger partial charge in [-0.2, -0.15) is 0 Å². The van der Waals surface area contributed by atoms with Crippen molar-refractivity contribution in [1.29, 1.82) is 0 Å². The Morgan fingerprint density at radius 1 is 1.00 bits per heavy atom. The SMILES string of the molecule is C=CCc1cc(/C=C2\C(=O)NC(=O)N(c3ccc(C)cc3)C2=O)ccc1OCc1ccc(Br)cc1. The number of amides is 4. The Morgan fingerprint density at radius 2 is 1.71 bits per heavy atom. The van der Waals surface area contributed by atoms with Crippen LogP contribution in [0.3, 0.4) is 0 Å². The molecule has 0 radical (unpaired) electrons.